The molecule has 0 aliphatic carbocycles. The van der Waals surface area contributed by atoms with Gasteiger partial charge in [-0.3, -0.25) is 0 Å². The summed E-state index contributed by atoms with van der Waals surface area (Å²) in [6.07, 6.45) is 0. The summed E-state index contributed by atoms with van der Waals surface area (Å²) in [5, 5.41) is 0. The van der Waals surface area contributed by atoms with Gasteiger partial charge in [0.2, 0.25) is 0 Å². The Kier molecular flexibility index (Phi) is 6.56. The molecule has 5 heteroatoms. The Balaban J connectivity index is 0.00000144. The van der Waals surface area contributed by atoms with Crippen LogP contribution in [0.15, 0.2) is 48.5 Å². The van der Waals surface area contributed by atoms with Crippen molar-refractivity contribution in [3.8, 4) is 17.2 Å². The first kappa shape index (κ1) is 16.0. The van der Waals surface area contributed by atoms with Crippen LogP contribution in [0.2, 0.25) is 0 Å². The molecule has 2 N–H and O–H groups in total. The van der Waals surface area contributed by atoms with E-state index in [0.29, 0.717) is 0 Å². The first-order chi connectivity index (χ1) is 7.78. The monoisotopic (exact) mass is 244 g/mol. The van der Waals surface area contributed by atoms with E-state index in [0.717, 1.165) is 22.7 Å². The van der Waals surface area contributed by atoms with Crippen LogP contribution in [0.25, 0.3) is 0 Å². The van der Waals surface area contributed by atoms with Gasteiger partial charge in [-0.15, -0.1) is 0 Å². The van der Waals surface area contributed by atoms with Gasteiger partial charge >= 0.3 is 95.7 Å². The zero-order chi connectivity index (χ0) is 11.4. The largest absolute Gasteiger partial charge is 0.870 e. The van der Waals surface area contributed by atoms with Crippen molar-refractivity contribution in [3.05, 3.63) is 48.5 Å². The minimum absolute atomic E-state index is 0. The molecule has 4 nitrogen and oxygen atoms in total. The first-order valence-corrected chi connectivity index (χ1v) is 4.95. The molecule has 0 unspecified atom stereocenters. The molecule has 0 spiro atoms. The summed E-state index contributed by atoms with van der Waals surface area (Å²) in [4.78, 5) is 0. The van der Waals surface area contributed by atoms with Crippen molar-refractivity contribution in [1.29, 1.82) is 0 Å². The second-order valence-electron chi connectivity index (χ2n) is 3.35. The fourth-order valence-corrected chi connectivity index (χ4v) is 1.32. The quantitative estimate of drug-likeness (QED) is 0.772. The molecule has 0 aromatic heterocycles. The Labute approximate surface area is 107 Å². The van der Waals surface area contributed by atoms with Crippen LogP contribution in [0.1, 0.15) is 0 Å². The Bertz CT molecular complexity index is 453. The number of methoxy groups -OCH3 is 1. The predicted molar refractivity (Wildman–Crippen MR) is 68.8 cm³/mol. The van der Waals surface area contributed by atoms with Crippen LogP contribution >= 0.6 is 0 Å². The normalized spacial score (nSPS) is 8.83. The molecule has 2 rings (SSSR count). The fraction of sp³-hybridized carbons (Fsp3) is 0.0769. The third-order valence-electron chi connectivity index (χ3n) is 2.18. The Morgan fingerprint density at radius 3 is 1.56 bits per heavy atom. The van der Waals surface area contributed by atoms with Gasteiger partial charge in [0, 0.05) is 0 Å². The van der Waals surface area contributed by atoms with Gasteiger partial charge in [0.15, 0.2) is 0 Å². The zero-order valence-corrected chi connectivity index (χ0v) is 9.91. The molecular formula is C13H13BO4. The Hall–Kier alpha value is -1.98. The second-order valence-corrected chi connectivity index (χ2v) is 3.35. The average Bonchev–Trinajstić information content (AvgIpc) is 2.33. The van der Waals surface area contributed by atoms with Crippen molar-refractivity contribution in [2.24, 2.45) is 0 Å². The van der Waals surface area contributed by atoms with E-state index < -0.39 is 0 Å². The zero-order valence-electron chi connectivity index (χ0n) is 9.91. The van der Waals surface area contributed by atoms with Gasteiger partial charge < -0.3 is 11.0 Å². The molecule has 0 fully saturated rings. The molecule has 0 amide bonds. The molecule has 0 radical (unpaired) electrons. The number of rotatable bonds is 3. The molecular weight excluding hydrogens is 231 g/mol. The Morgan fingerprint density at radius 2 is 1.11 bits per heavy atom. The van der Waals surface area contributed by atoms with Crippen LogP contribution < -0.4 is 14.9 Å². The molecule has 2 aromatic rings. The van der Waals surface area contributed by atoms with E-state index in [-0.39, 0.29) is 11.0 Å². The maximum atomic E-state index is 5.62. The van der Waals surface area contributed by atoms with E-state index in [1.165, 1.54) is 0 Å². The van der Waals surface area contributed by atoms with Crippen molar-refractivity contribution in [3.63, 3.8) is 0 Å². The van der Waals surface area contributed by atoms with Gasteiger partial charge in [0.25, 0.3) is 0 Å². The van der Waals surface area contributed by atoms with Crippen LogP contribution in [0.3, 0.4) is 0 Å². The van der Waals surface area contributed by atoms with Gasteiger partial charge in [-0.05, 0) is 0 Å². The van der Waals surface area contributed by atoms with Crippen LogP contribution in [0.4, 0.5) is 0 Å². The van der Waals surface area contributed by atoms with E-state index >= 15 is 0 Å². The molecule has 0 aliphatic rings. The second kappa shape index (κ2) is 7.37. The molecule has 0 atom stereocenters. The van der Waals surface area contributed by atoms with Crippen LogP contribution in [0, 0.1) is 0 Å². The third-order valence-corrected chi connectivity index (χ3v) is 2.18. The number of hydrogen-bond donors (Lipinski definition) is 0. The van der Waals surface area contributed by atoms with Crippen molar-refractivity contribution < 1.29 is 20.4 Å². The molecule has 2 aromatic carbocycles. The van der Waals surface area contributed by atoms with Crippen LogP contribution in [-0.2, 0) is 0 Å². The standard InChI is InChI=1S/C13H11BO2.2H2O/c1-15-11-6-8-13(9-7-11)16-12-4-2-10(14)3-5-12;;/h2-9H,1H3;2*1H2/q+2;;/p-2. The molecule has 0 aliphatic heterocycles. The average molecular weight is 244 g/mol. The number of ether oxygens (including phenoxy) is 2. The summed E-state index contributed by atoms with van der Waals surface area (Å²) in [6.45, 7) is 0. The summed E-state index contributed by atoms with van der Waals surface area (Å²) in [5.74, 6) is 2.34. The molecule has 0 heterocycles. The van der Waals surface area contributed by atoms with E-state index in [2.05, 4.69) is 0 Å². The SMILES string of the molecule is [B+2]c1ccc(Oc2ccc(OC)cc2)cc1.[OH-].[OH-]. The predicted octanol–water partition coefficient (Wildman–Crippen LogP) is 1.93. The van der Waals surface area contributed by atoms with Gasteiger partial charge in [0.1, 0.15) is 0 Å². The smallest absolute Gasteiger partial charge is 0.870 e. The maximum Gasteiger partial charge on any atom is -0.870 e. The minimum atomic E-state index is 0. The van der Waals surface area contributed by atoms with Crippen molar-refractivity contribution in [2.45, 2.75) is 0 Å². The molecule has 18 heavy (non-hydrogen) atoms. The minimum Gasteiger partial charge on any atom is -0.870 e. The maximum absolute atomic E-state index is 5.62. The summed E-state index contributed by atoms with van der Waals surface area (Å²) in [7, 11) is 7.22. The van der Waals surface area contributed by atoms with Gasteiger partial charge in [-0.2, -0.15) is 0 Å². The summed E-state index contributed by atoms with van der Waals surface area (Å²) in [5.41, 5.74) is 0.724. The van der Waals surface area contributed by atoms with Crippen molar-refractivity contribution in [1.82, 2.24) is 0 Å². The molecule has 0 bridgehead atoms. The summed E-state index contributed by atoms with van der Waals surface area (Å²) in [6, 6.07) is 14.7. The third kappa shape index (κ3) is 4.12. The van der Waals surface area contributed by atoms with E-state index in [1.54, 1.807) is 19.2 Å². The summed E-state index contributed by atoms with van der Waals surface area (Å²) < 4.78 is 10.7. The number of benzene rings is 2. The van der Waals surface area contributed by atoms with Crippen molar-refractivity contribution >= 4 is 13.3 Å². The fourth-order valence-electron chi connectivity index (χ4n) is 1.32. The van der Waals surface area contributed by atoms with Gasteiger partial charge in [-0.25, -0.2) is 0 Å². The molecule has 92 valence electrons. The van der Waals surface area contributed by atoms with E-state index in [9.17, 15) is 0 Å². The first-order valence-electron chi connectivity index (χ1n) is 4.95. The van der Waals surface area contributed by atoms with E-state index in [1.807, 2.05) is 36.4 Å². The van der Waals surface area contributed by atoms with Gasteiger partial charge in [0.05, 0.1) is 0 Å². The van der Waals surface area contributed by atoms with Crippen LogP contribution in [-0.4, -0.2) is 25.9 Å². The Morgan fingerprint density at radius 1 is 0.722 bits per heavy atom. The van der Waals surface area contributed by atoms with Crippen molar-refractivity contribution in [2.75, 3.05) is 7.11 Å². The summed E-state index contributed by atoms with van der Waals surface area (Å²) >= 11 is 0. The molecule has 0 saturated carbocycles. The number of hydrogen-bond acceptors (Lipinski definition) is 4. The topological polar surface area (TPSA) is 78.5 Å². The molecule has 0 saturated heterocycles. The van der Waals surface area contributed by atoms with Gasteiger partial charge in [-0.1, -0.05) is 0 Å². The van der Waals surface area contributed by atoms with E-state index in [4.69, 9.17) is 17.3 Å². The van der Waals surface area contributed by atoms with Crippen LogP contribution in [0.5, 0.6) is 17.2 Å².